The zero-order valence-electron chi connectivity index (χ0n) is 14.5. The minimum atomic E-state index is -0.990. The van der Waals surface area contributed by atoms with Gasteiger partial charge in [-0.25, -0.2) is 4.79 Å². The zero-order chi connectivity index (χ0) is 19.4. The molecule has 0 fully saturated rings. The molecule has 0 unspecified atom stereocenters. The monoisotopic (exact) mass is 405 g/mol. The third-order valence-corrected chi connectivity index (χ3v) is 4.70. The fraction of sp³-hybridized carbons (Fsp3) is 0.235. The highest BCUT2D eigenvalue weighted by Gasteiger charge is 2.20. The van der Waals surface area contributed by atoms with Gasteiger partial charge < -0.3 is 10.1 Å². The Balaban J connectivity index is 1.55. The molecule has 1 N–H and O–H groups in total. The van der Waals surface area contributed by atoms with Crippen LogP contribution in [0.4, 0.5) is 5.69 Å². The number of esters is 1. The second-order valence-electron chi connectivity index (χ2n) is 5.70. The minimum absolute atomic E-state index is 0.244. The summed E-state index contributed by atoms with van der Waals surface area (Å²) in [6, 6.07) is 8.88. The number of anilines is 1. The predicted molar refractivity (Wildman–Crippen MR) is 102 cm³/mol. The Labute approximate surface area is 164 Å². The second-order valence-corrected chi connectivity index (χ2v) is 7.09. The molecule has 140 valence electrons. The number of benzene rings is 1. The fourth-order valence-electron chi connectivity index (χ4n) is 2.18. The van der Waals surface area contributed by atoms with Gasteiger partial charge in [-0.05, 0) is 48.2 Å². The van der Waals surface area contributed by atoms with Gasteiger partial charge >= 0.3 is 5.97 Å². The summed E-state index contributed by atoms with van der Waals surface area (Å²) >= 11 is 7.40. The van der Waals surface area contributed by atoms with Crippen molar-refractivity contribution in [2.24, 2.45) is 0 Å². The van der Waals surface area contributed by atoms with Crippen molar-refractivity contribution in [2.75, 3.05) is 5.32 Å². The van der Waals surface area contributed by atoms with Crippen LogP contribution in [-0.4, -0.2) is 38.2 Å². The van der Waals surface area contributed by atoms with Crippen LogP contribution < -0.4 is 5.32 Å². The van der Waals surface area contributed by atoms with Crippen LogP contribution in [0.1, 0.15) is 12.5 Å². The van der Waals surface area contributed by atoms with E-state index in [4.69, 9.17) is 16.3 Å². The number of rotatable bonds is 6. The van der Waals surface area contributed by atoms with Crippen molar-refractivity contribution in [3.8, 4) is 10.7 Å². The Morgan fingerprint density at radius 2 is 2.19 bits per heavy atom. The Bertz CT molecular complexity index is 957. The average molecular weight is 406 g/mol. The Hall–Kier alpha value is -2.78. The molecule has 8 nitrogen and oxygen atoms in total. The van der Waals surface area contributed by atoms with E-state index < -0.39 is 18.0 Å². The molecule has 0 aliphatic carbocycles. The number of aryl methyl sites for hydroxylation is 1. The highest BCUT2D eigenvalue weighted by molar-refractivity contribution is 7.13. The molecule has 0 aliphatic heterocycles. The molecule has 0 saturated carbocycles. The molecular weight excluding hydrogens is 390 g/mol. The lowest BCUT2D eigenvalue weighted by molar-refractivity contribution is -0.154. The van der Waals surface area contributed by atoms with Crippen molar-refractivity contribution in [3.63, 3.8) is 0 Å². The van der Waals surface area contributed by atoms with Crippen molar-refractivity contribution in [1.82, 2.24) is 20.2 Å². The van der Waals surface area contributed by atoms with E-state index >= 15 is 0 Å². The van der Waals surface area contributed by atoms with E-state index in [-0.39, 0.29) is 6.54 Å². The van der Waals surface area contributed by atoms with Crippen LogP contribution in [-0.2, 0) is 20.9 Å². The van der Waals surface area contributed by atoms with Gasteiger partial charge in [0.1, 0.15) is 0 Å². The van der Waals surface area contributed by atoms with Gasteiger partial charge in [0.2, 0.25) is 5.82 Å². The molecule has 0 spiro atoms. The van der Waals surface area contributed by atoms with Gasteiger partial charge in [0.05, 0.1) is 4.88 Å². The highest BCUT2D eigenvalue weighted by Crippen LogP contribution is 2.21. The summed E-state index contributed by atoms with van der Waals surface area (Å²) in [5, 5.41) is 16.9. The molecule has 3 aromatic rings. The standard InChI is InChI=1S/C17H16ClN5O3S/c1-10-5-6-12(18)8-13(10)19-17(25)11(2)26-15(24)9-23-21-16(20-22-23)14-4-3-7-27-14/h3-8,11H,9H2,1-2H3,(H,19,25)/t11-/m1/s1. The first-order valence-corrected chi connectivity index (χ1v) is 9.26. The molecule has 1 amide bonds. The lowest BCUT2D eigenvalue weighted by Crippen LogP contribution is -2.31. The summed E-state index contributed by atoms with van der Waals surface area (Å²) in [4.78, 5) is 26.3. The summed E-state index contributed by atoms with van der Waals surface area (Å²) in [5.41, 5.74) is 1.41. The first-order chi connectivity index (χ1) is 12.9. The number of nitrogens with one attached hydrogen (secondary N) is 1. The van der Waals surface area contributed by atoms with Gasteiger partial charge in [0.25, 0.3) is 5.91 Å². The highest BCUT2D eigenvalue weighted by atomic mass is 35.5. The molecule has 0 bridgehead atoms. The maximum Gasteiger partial charge on any atom is 0.330 e. The third-order valence-electron chi connectivity index (χ3n) is 3.60. The van der Waals surface area contributed by atoms with Crippen LogP contribution in [0.2, 0.25) is 5.02 Å². The fourth-order valence-corrected chi connectivity index (χ4v) is 3.00. The van der Waals surface area contributed by atoms with Crippen LogP contribution in [0.25, 0.3) is 10.7 Å². The number of ether oxygens (including phenoxy) is 1. The zero-order valence-corrected chi connectivity index (χ0v) is 16.1. The number of hydrogen-bond acceptors (Lipinski definition) is 7. The van der Waals surface area contributed by atoms with Gasteiger partial charge in [0.15, 0.2) is 12.6 Å². The molecule has 10 heteroatoms. The number of carbonyl (C=O) groups excluding carboxylic acids is 2. The topological polar surface area (TPSA) is 99.0 Å². The first-order valence-electron chi connectivity index (χ1n) is 8.00. The van der Waals surface area contributed by atoms with Gasteiger partial charge in [-0.15, -0.1) is 21.5 Å². The van der Waals surface area contributed by atoms with Gasteiger partial charge in [-0.3, -0.25) is 4.79 Å². The molecule has 0 aliphatic rings. The third kappa shape index (κ3) is 4.89. The van der Waals surface area contributed by atoms with Crippen molar-refractivity contribution in [3.05, 3.63) is 46.3 Å². The van der Waals surface area contributed by atoms with Crippen molar-refractivity contribution in [2.45, 2.75) is 26.5 Å². The van der Waals surface area contributed by atoms with Crippen molar-refractivity contribution < 1.29 is 14.3 Å². The molecular formula is C17H16ClN5O3S. The van der Waals surface area contributed by atoms with Crippen molar-refractivity contribution in [1.29, 1.82) is 0 Å². The number of carbonyl (C=O) groups is 2. The second kappa shape index (κ2) is 8.28. The largest absolute Gasteiger partial charge is 0.451 e. The molecule has 27 heavy (non-hydrogen) atoms. The average Bonchev–Trinajstić information content (AvgIpc) is 3.29. The maximum atomic E-state index is 12.2. The van der Waals surface area contributed by atoms with Crippen LogP contribution in [0, 0.1) is 6.92 Å². The molecule has 0 saturated heterocycles. The number of amides is 1. The molecule has 1 atom stereocenters. The first kappa shape index (κ1) is 19.0. The number of hydrogen-bond donors (Lipinski definition) is 1. The van der Waals surface area contributed by atoms with E-state index in [0.29, 0.717) is 16.5 Å². The number of tetrazole rings is 1. The number of aromatic nitrogens is 4. The van der Waals surface area contributed by atoms with Crippen LogP contribution in [0.15, 0.2) is 35.7 Å². The van der Waals surface area contributed by atoms with E-state index in [0.717, 1.165) is 15.2 Å². The summed E-state index contributed by atoms with van der Waals surface area (Å²) in [6.07, 6.45) is -0.990. The number of halogens is 1. The molecule has 0 radical (unpaired) electrons. The van der Waals surface area contributed by atoms with E-state index in [9.17, 15) is 9.59 Å². The maximum absolute atomic E-state index is 12.2. The Kier molecular flexibility index (Phi) is 5.82. The van der Waals surface area contributed by atoms with E-state index in [1.54, 1.807) is 18.2 Å². The lowest BCUT2D eigenvalue weighted by Gasteiger charge is -2.14. The SMILES string of the molecule is Cc1ccc(Cl)cc1NC(=O)[C@@H](C)OC(=O)Cn1nnc(-c2cccs2)n1. The van der Waals surface area contributed by atoms with Crippen LogP contribution in [0.5, 0.6) is 0 Å². The van der Waals surface area contributed by atoms with E-state index in [2.05, 4.69) is 20.7 Å². The smallest absolute Gasteiger partial charge is 0.330 e. The predicted octanol–water partition coefficient (Wildman–Crippen LogP) is 2.93. The lowest BCUT2D eigenvalue weighted by atomic mass is 10.2. The summed E-state index contributed by atoms with van der Waals surface area (Å²) in [6.45, 7) is 3.08. The van der Waals surface area contributed by atoms with Gasteiger partial charge in [-0.2, -0.15) is 4.80 Å². The quantitative estimate of drug-likeness (QED) is 0.633. The molecule has 2 aromatic heterocycles. The Morgan fingerprint density at radius 1 is 1.37 bits per heavy atom. The summed E-state index contributed by atoms with van der Waals surface area (Å²) in [7, 11) is 0. The Morgan fingerprint density at radius 3 is 2.93 bits per heavy atom. The number of thiophene rings is 1. The molecule has 1 aromatic carbocycles. The van der Waals surface area contributed by atoms with Crippen molar-refractivity contribution >= 4 is 40.5 Å². The number of nitrogens with zero attached hydrogens (tertiary/aromatic N) is 4. The normalized spacial score (nSPS) is 11.8. The molecule has 2 heterocycles. The van der Waals surface area contributed by atoms with E-state index in [1.807, 2.05) is 24.4 Å². The summed E-state index contributed by atoms with van der Waals surface area (Å²) < 4.78 is 5.15. The molecule has 3 rings (SSSR count). The van der Waals surface area contributed by atoms with Gasteiger partial charge in [-0.1, -0.05) is 23.7 Å². The van der Waals surface area contributed by atoms with Gasteiger partial charge in [0, 0.05) is 10.7 Å². The summed E-state index contributed by atoms with van der Waals surface area (Å²) in [5.74, 6) is -0.671. The van der Waals surface area contributed by atoms with E-state index in [1.165, 1.54) is 18.3 Å². The van der Waals surface area contributed by atoms with Crippen LogP contribution >= 0.6 is 22.9 Å². The minimum Gasteiger partial charge on any atom is -0.451 e. The van der Waals surface area contributed by atoms with Crippen LogP contribution in [0.3, 0.4) is 0 Å².